The van der Waals surface area contributed by atoms with Crippen LogP contribution in [-0.2, 0) is 14.3 Å². The number of guanidine groups is 1. The Kier molecular flexibility index (Phi) is 10.2. The van der Waals surface area contributed by atoms with E-state index < -0.39 is 0 Å². The molecule has 0 spiro atoms. The summed E-state index contributed by atoms with van der Waals surface area (Å²) in [5.74, 6) is 1.80. The molecule has 1 atom stereocenters. The fourth-order valence-corrected chi connectivity index (χ4v) is 3.29. The Balaban J connectivity index is 2.19. The van der Waals surface area contributed by atoms with Crippen LogP contribution in [0.25, 0.3) is 0 Å². The van der Waals surface area contributed by atoms with E-state index in [4.69, 9.17) is 19.2 Å². The Labute approximate surface area is 178 Å². The SMILES string of the molecule is CCNC(=NCC(c1ccc(OC)c(OC)c1)N1CCOCC1)NCCC(=O)OC. The first kappa shape index (κ1) is 23.8. The molecular weight excluding hydrogens is 388 g/mol. The number of methoxy groups -OCH3 is 3. The van der Waals surface area contributed by atoms with Gasteiger partial charge in [0.15, 0.2) is 17.5 Å². The van der Waals surface area contributed by atoms with Gasteiger partial charge < -0.3 is 29.6 Å². The van der Waals surface area contributed by atoms with Crippen molar-refractivity contribution in [2.75, 3.05) is 67.3 Å². The molecule has 0 aromatic heterocycles. The first-order chi connectivity index (χ1) is 14.6. The lowest BCUT2D eigenvalue weighted by Gasteiger charge is -2.34. The van der Waals surface area contributed by atoms with Gasteiger partial charge in [0.1, 0.15) is 0 Å². The Morgan fingerprint density at radius 1 is 1.17 bits per heavy atom. The van der Waals surface area contributed by atoms with Crippen LogP contribution < -0.4 is 20.1 Å². The first-order valence-electron chi connectivity index (χ1n) is 10.3. The van der Waals surface area contributed by atoms with E-state index in [1.807, 2.05) is 19.1 Å². The van der Waals surface area contributed by atoms with Crippen LogP contribution in [0.4, 0.5) is 0 Å². The Morgan fingerprint density at radius 3 is 2.53 bits per heavy atom. The molecule has 1 saturated heterocycles. The number of hydrogen-bond acceptors (Lipinski definition) is 7. The quantitative estimate of drug-likeness (QED) is 0.330. The van der Waals surface area contributed by atoms with Gasteiger partial charge in [-0.25, -0.2) is 0 Å². The number of morpholine rings is 1. The van der Waals surface area contributed by atoms with E-state index in [1.165, 1.54) is 7.11 Å². The molecule has 9 heteroatoms. The number of rotatable bonds is 10. The van der Waals surface area contributed by atoms with E-state index in [1.54, 1.807) is 14.2 Å². The van der Waals surface area contributed by atoms with Crippen molar-refractivity contribution in [1.29, 1.82) is 0 Å². The van der Waals surface area contributed by atoms with Crippen molar-refractivity contribution in [2.24, 2.45) is 4.99 Å². The lowest BCUT2D eigenvalue weighted by Crippen LogP contribution is -2.42. The van der Waals surface area contributed by atoms with Crippen molar-refractivity contribution < 1.29 is 23.7 Å². The number of nitrogens with one attached hydrogen (secondary N) is 2. The number of nitrogens with zero attached hydrogens (tertiary/aromatic N) is 2. The number of ether oxygens (including phenoxy) is 4. The topological polar surface area (TPSA) is 93.7 Å². The fourth-order valence-electron chi connectivity index (χ4n) is 3.29. The number of benzene rings is 1. The molecule has 0 bridgehead atoms. The highest BCUT2D eigenvalue weighted by atomic mass is 16.5. The summed E-state index contributed by atoms with van der Waals surface area (Å²) in [5.41, 5.74) is 1.10. The number of hydrogen-bond donors (Lipinski definition) is 2. The van der Waals surface area contributed by atoms with Crippen LogP contribution in [0.15, 0.2) is 23.2 Å². The molecule has 0 aliphatic carbocycles. The molecule has 1 aliphatic heterocycles. The van der Waals surface area contributed by atoms with Crippen LogP contribution in [-0.4, -0.2) is 84.1 Å². The van der Waals surface area contributed by atoms with Gasteiger partial charge in [0.25, 0.3) is 0 Å². The molecule has 1 aromatic carbocycles. The van der Waals surface area contributed by atoms with Crippen LogP contribution in [0, 0.1) is 0 Å². The smallest absolute Gasteiger partial charge is 0.307 e. The molecule has 1 unspecified atom stereocenters. The molecule has 0 saturated carbocycles. The van der Waals surface area contributed by atoms with E-state index in [0.717, 1.165) is 25.2 Å². The predicted molar refractivity (Wildman–Crippen MR) is 115 cm³/mol. The van der Waals surface area contributed by atoms with Gasteiger partial charge in [-0.05, 0) is 24.6 Å². The van der Waals surface area contributed by atoms with Gasteiger partial charge in [-0.15, -0.1) is 0 Å². The van der Waals surface area contributed by atoms with Crippen molar-refractivity contribution in [3.8, 4) is 11.5 Å². The molecule has 1 fully saturated rings. The first-order valence-corrected chi connectivity index (χ1v) is 10.3. The van der Waals surface area contributed by atoms with Crippen molar-refractivity contribution in [3.05, 3.63) is 23.8 Å². The Bertz CT molecular complexity index is 692. The monoisotopic (exact) mass is 422 g/mol. The summed E-state index contributed by atoms with van der Waals surface area (Å²) in [7, 11) is 4.65. The summed E-state index contributed by atoms with van der Waals surface area (Å²) in [6, 6.07) is 6.04. The minimum atomic E-state index is -0.255. The predicted octanol–water partition coefficient (Wildman–Crippen LogP) is 1.20. The zero-order chi connectivity index (χ0) is 21.8. The molecule has 9 nitrogen and oxygen atoms in total. The molecular formula is C21H34N4O5. The summed E-state index contributed by atoms with van der Waals surface area (Å²) in [5, 5.41) is 6.41. The third-order valence-corrected chi connectivity index (χ3v) is 4.89. The lowest BCUT2D eigenvalue weighted by molar-refractivity contribution is -0.140. The van der Waals surface area contributed by atoms with Crippen molar-refractivity contribution >= 4 is 11.9 Å². The van der Waals surface area contributed by atoms with Crippen LogP contribution in [0.5, 0.6) is 11.5 Å². The maximum absolute atomic E-state index is 11.4. The second-order valence-corrected chi connectivity index (χ2v) is 6.75. The normalized spacial score (nSPS) is 15.9. The van der Waals surface area contributed by atoms with E-state index in [-0.39, 0.29) is 18.4 Å². The molecule has 1 aliphatic rings. The molecule has 0 amide bonds. The van der Waals surface area contributed by atoms with Gasteiger partial charge in [0.2, 0.25) is 0 Å². The average Bonchev–Trinajstić information content (AvgIpc) is 2.79. The minimum absolute atomic E-state index is 0.0600. The van der Waals surface area contributed by atoms with Gasteiger partial charge in [0, 0.05) is 26.2 Å². The zero-order valence-corrected chi connectivity index (χ0v) is 18.4. The summed E-state index contributed by atoms with van der Waals surface area (Å²) >= 11 is 0. The second-order valence-electron chi connectivity index (χ2n) is 6.75. The number of carbonyl (C=O) groups is 1. The highest BCUT2D eigenvalue weighted by Gasteiger charge is 2.24. The van der Waals surface area contributed by atoms with Crippen LogP contribution in [0.3, 0.4) is 0 Å². The molecule has 168 valence electrons. The number of aliphatic imine (C=N–C) groups is 1. The second kappa shape index (κ2) is 12.9. The van der Waals surface area contributed by atoms with Gasteiger partial charge >= 0.3 is 5.97 Å². The van der Waals surface area contributed by atoms with Crippen molar-refractivity contribution in [1.82, 2.24) is 15.5 Å². The molecule has 0 radical (unpaired) electrons. The van der Waals surface area contributed by atoms with Crippen LogP contribution >= 0.6 is 0 Å². The summed E-state index contributed by atoms with van der Waals surface area (Å²) in [6.45, 7) is 6.80. The molecule has 1 aromatic rings. The summed E-state index contributed by atoms with van der Waals surface area (Å²) in [6.07, 6.45) is 0.281. The Hall–Kier alpha value is -2.52. The van der Waals surface area contributed by atoms with E-state index >= 15 is 0 Å². The molecule has 30 heavy (non-hydrogen) atoms. The summed E-state index contributed by atoms with van der Waals surface area (Å²) < 4.78 is 21.1. The molecule has 2 rings (SSSR count). The highest BCUT2D eigenvalue weighted by Crippen LogP contribution is 2.32. The van der Waals surface area contributed by atoms with Crippen molar-refractivity contribution in [3.63, 3.8) is 0 Å². The fraction of sp³-hybridized carbons (Fsp3) is 0.619. The van der Waals surface area contributed by atoms with Gasteiger partial charge in [-0.1, -0.05) is 6.07 Å². The van der Waals surface area contributed by atoms with E-state index in [9.17, 15) is 4.79 Å². The standard InChI is InChI=1S/C21H34N4O5/c1-5-22-21(23-9-8-20(26)29-4)24-15-17(25-10-12-30-13-11-25)16-6-7-18(27-2)19(14-16)28-3/h6-7,14,17H,5,8-13,15H2,1-4H3,(H2,22,23,24). The Morgan fingerprint density at radius 2 is 1.90 bits per heavy atom. The zero-order valence-electron chi connectivity index (χ0n) is 18.4. The minimum Gasteiger partial charge on any atom is -0.493 e. The number of esters is 1. The largest absolute Gasteiger partial charge is 0.493 e. The van der Waals surface area contributed by atoms with E-state index in [0.29, 0.717) is 43.8 Å². The third-order valence-electron chi connectivity index (χ3n) is 4.89. The molecule has 2 N–H and O–H groups in total. The highest BCUT2D eigenvalue weighted by molar-refractivity contribution is 5.80. The van der Waals surface area contributed by atoms with Gasteiger partial charge in [0.05, 0.1) is 53.6 Å². The van der Waals surface area contributed by atoms with Crippen molar-refractivity contribution in [2.45, 2.75) is 19.4 Å². The third kappa shape index (κ3) is 7.07. The average molecular weight is 423 g/mol. The number of carbonyl (C=O) groups excluding carboxylic acids is 1. The van der Waals surface area contributed by atoms with Gasteiger partial charge in [-0.3, -0.25) is 14.7 Å². The maximum Gasteiger partial charge on any atom is 0.307 e. The van der Waals surface area contributed by atoms with Gasteiger partial charge in [-0.2, -0.15) is 0 Å². The maximum atomic E-state index is 11.4. The molecule has 1 heterocycles. The lowest BCUT2D eigenvalue weighted by atomic mass is 10.0. The van der Waals surface area contributed by atoms with Crippen LogP contribution in [0.2, 0.25) is 0 Å². The summed E-state index contributed by atoms with van der Waals surface area (Å²) in [4.78, 5) is 18.5. The van der Waals surface area contributed by atoms with E-state index in [2.05, 4.69) is 26.3 Å². The van der Waals surface area contributed by atoms with Crippen LogP contribution in [0.1, 0.15) is 24.9 Å².